The van der Waals surface area contributed by atoms with E-state index in [9.17, 15) is 9.59 Å². The van der Waals surface area contributed by atoms with Gasteiger partial charge >= 0.3 is 0 Å². The van der Waals surface area contributed by atoms with E-state index in [2.05, 4.69) is 5.32 Å². The van der Waals surface area contributed by atoms with Gasteiger partial charge in [-0.05, 0) is 19.3 Å². The number of primary amides is 1. The van der Waals surface area contributed by atoms with Gasteiger partial charge < -0.3 is 11.1 Å². The number of rotatable bonds is 6. The first-order valence-corrected chi connectivity index (χ1v) is 4.65. The molecule has 0 aromatic heterocycles. The van der Waals surface area contributed by atoms with Crippen LogP contribution in [0, 0.1) is 0 Å². The zero-order chi connectivity index (χ0) is 10.3. The van der Waals surface area contributed by atoms with Crippen LogP contribution in [0.2, 0.25) is 0 Å². The van der Waals surface area contributed by atoms with Crippen molar-refractivity contribution in [1.29, 1.82) is 0 Å². The molecule has 1 atom stereocenters. The van der Waals surface area contributed by atoms with Gasteiger partial charge in [0.1, 0.15) is 5.38 Å². The second-order valence-corrected chi connectivity index (χ2v) is 3.38. The van der Waals surface area contributed by atoms with Crippen molar-refractivity contribution < 1.29 is 9.59 Å². The molecule has 0 bridgehead atoms. The molecule has 0 spiro atoms. The van der Waals surface area contributed by atoms with Crippen molar-refractivity contribution in [2.24, 2.45) is 5.73 Å². The van der Waals surface area contributed by atoms with Crippen molar-refractivity contribution in [2.75, 3.05) is 6.54 Å². The highest BCUT2D eigenvalue weighted by atomic mass is 35.5. The van der Waals surface area contributed by atoms with Crippen molar-refractivity contribution in [3.8, 4) is 0 Å². The topological polar surface area (TPSA) is 72.2 Å². The van der Waals surface area contributed by atoms with E-state index in [0.29, 0.717) is 13.0 Å². The molecule has 0 radical (unpaired) electrons. The van der Waals surface area contributed by atoms with Crippen molar-refractivity contribution in [3.05, 3.63) is 0 Å². The fourth-order valence-corrected chi connectivity index (χ4v) is 1.01. The second-order valence-electron chi connectivity index (χ2n) is 2.85. The van der Waals surface area contributed by atoms with E-state index in [-0.39, 0.29) is 5.91 Å². The third kappa shape index (κ3) is 7.59. The van der Waals surface area contributed by atoms with Crippen LogP contribution in [0.5, 0.6) is 0 Å². The Kier molecular flexibility index (Phi) is 6.32. The summed E-state index contributed by atoms with van der Waals surface area (Å²) in [5.74, 6) is -0.529. The van der Waals surface area contributed by atoms with Crippen molar-refractivity contribution in [2.45, 2.75) is 31.6 Å². The number of nitrogens with one attached hydrogen (secondary N) is 1. The smallest absolute Gasteiger partial charge is 0.235 e. The van der Waals surface area contributed by atoms with Gasteiger partial charge in [-0.15, -0.1) is 11.6 Å². The van der Waals surface area contributed by atoms with Crippen LogP contribution in [-0.2, 0) is 9.59 Å². The van der Waals surface area contributed by atoms with Crippen LogP contribution in [0.25, 0.3) is 0 Å². The van der Waals surface area contributed by atoms with Crippen LogP contribution in [0.1, 0.15) is 26.2 Å². The van der Waals surface area contributed by atoms with Gasteiger partial charge in [0.05, 0.1) is 0 Å². The summed E-state index contributed by atoms with van der Waals surface area (Å²) in [4.78, 5) is 20.9. The fraction of sp³-hybridized carbons (Fsp3) is 0.750. The minimum atomic E-state index is -0.586. The molecule has 76 valence electrons. The van der Waals surface area contributed by atoms with Crippen LogP contribution in [0.3, 0.4) is 0 Å². The SMILES string of the molecule is CC(=O)NCCCCC(Cl)C(N)=O. The molecule has 13 heavy (non-hydrogen) atoms. The number of halogens is 1. The predicted molar refractivity (Wildman–Crippen MR) is 51.4 cm³/mol. The van der Waals surface area contributed by atoms with Gasteiger partial charge in [0.15, 0.2) is 0 Å². The van der Waals surface area contributed by atoms with Crippen molar-refractivity contribution >= 4 is 23.4 Å². The highest BCUT2D eigenvalue weighted by molar-refractivity contribution is 6.30. The predicted octanol–water partition coefficient (Wildman–Crippen LogP) is 0.385. The molecule has 0 heterocycles. The molecule has 3 N–H and O–H groups in total. The van der Waals surface area contributed by atoms with Gasteiger partial charge in [-0.2, -0.15) is 0 Å². The number of alkyl halides is 1. The van der Waals surface area contributed by atoms with Crippen LogP contribution in [0.15, 0.2) is 0 Å². The van der Waals surface area contributed by atoms with Gasteiger partial charge in [-0.3, -0.25) is 9.59 Å². The van der Waals surface area contributed by atoms with E-state index in [1.165, 1.54) is 6.92 Å². The molecule has 4 nitrogen and oxygen atoms in total. The number of unbranched alkanes of at least 4 members (excludes halogenated alkanes) is 1. The molecule has 1 unspecified atom stereocenters. The van der Waals surface area contributed by atoms with E-state index in [1.54, 1.807) is 0 Å². The summed E-state index contributed by atoms with van der Waals surface area (Å²) in [6.07, 6.45) is 2.17. The number of hydrogen-bond donors (Lipinski definition) is 2. The maximum atomic E-state index is 10.5. The maximum absolute atomic E-state index is 10.5. The fourth-order valence-electron chi connectivity index (χ4n) is 0.855. The highest BCUT2D eigenvalue weighted by Gasteiger charge is 2.09. The second kappa shape index (κ2) is 6.71. The van der Waals surface area contributed by atoms with E-state index in [1.807, 2.05) is 0 Å². The Balaban J connectivity index is 3.26. The lowest BCUT2D eigenvalue weighted by molar-refractivity contribution is -0.119. The summed E-state index contributed by atoms with van der Waals surface area (Å²) in [6, 6.07) is 0. The molecule has 0 aliphatic rings. The zero-order valence-corrected chi connectivity index (χ0v) is 8.43. The molecular weight excluding hydrogens is 192 g/mol. The normalized spacial score (nSPS) is 12.2. The quantitative estimate of drug-likeness (QED) is 0.487. The third-order valence-electron chi connectivity index (χ3n) is 1.57. The van der Waals surface area contributed by atoms with Crippen LogP contribution >= 0.6 is 11.6 Å². The molecule has 0 aliphatic carbocycles. The van der Waals surface area contributed by atoms with Crippen molar-refractivity contribution in [1.82, 2.24) is 5.32 Å². The van der Waals surface area contributed by atoms with Gasteiger partial charge in [0.2, 0.25) is 11.8 Å². The average molecular weight is 207 g/mol. The van der Waals surface area contributed by atoms with Crippen LogP contribution in [0.4, 0.5) is 0 Å². The Morgan fingerprint density at radius 1 is 1.46 bits per heavy atom. The molecule has 2 amide bonds. The largest absolute Gasteiger partial charge is 0.368 e. The number of carbonyl (C=O) groups excluding carboxylic acids is 2. The zero-order valence-electron chi connectivity index (χ0n) is 7.68. The molecule has 0 saturated carbocycles. The highest BCUT2D eigenvalue weighted by Crippen LogP contribution is 2.06. The number of hydrogen-bond acceptors (Lipinski definition) is 2. The Labute approximate surface area is 82.8 Å². The molecular formula is C8H15ClN2O2. The molecule has 0 fully saturated rings. The first-order chi connectivity index (χ1) is 6.04. The van der Waals surface area contributed by atoms with E-state index < -0.39 is 11.3 Å². The lowest BCUT2D eigenvalue weighted by Crippen LogP contribution is -2.24. The summed E-state index contributed by atoms with van der Waals surface area (Å²) < 4.78 is 0. The number of nitrogens with two attached hydrogens (primary N) is 1. The van der Waals surface area contributed by atoms with Crippen LogP contribution in [-0.4, -0.2) is 23.7 Å². The van der Waals surface area contributed by atoms with Crippen molar-refractivity contribution in [3.63, 3.8) is 0 Å². The Morgan fingerprint density at radius 2 is 2.08 bits per heavy atom. The van der Waals surface area contributed by atoms with E-state index >= 15 is 0 Å². The Hall–Kier alpha value is -0.770. The van der Waals surface area contributed by atoms with Gasteiger partial charge in [0.25, 0.3) is 0 Å². The molecule has 5 heteroatoms. The molecule has 0 aliphatic heterocycles. The minimum Gasteiger partial charge on any atom is -0.368 e. The van der Waals surface area contributed by atoms with E-state index in [0.717, 1.165) is 12.8 Å². The minimum absolute atomic E-state index is 0.0441. The molecule has 0 rings (SSSR count). The summed E-state index contributed by atoms with van der Waals surface area (Å²) in [5, 5.41) is 2.06. The first kappa shape index (κ1) is 12.2. The molecule has 0 saturated heterocycles. The standard InChI is InChI=1S/C8H15ClN2O2/c1-6(12)11-5-3-2-4-7(9)8(10)13/h7H,2-5H2,1H3,(H2,10,13)(H,11,12). The Bertz CT molecular complexity index is 185. The number of amides is 2. The van der Waals surface area contributed by atoms with Crippen LogP contribution < -0.4 is 11.1 Å². The summed E-state index contributed by atoms with van der Waals surface area (Å²) >= 11 is 5.60. The monoisotopic (exact) mass is 206 g/mol. The first-order valence-electron chi connectivity index (χ1n) is 4.22. The summed E-state index contributed by atoms with van der Waals surface area (Å²) in [7, 11) is 0. The summed E-state index contributed by atoms with van der Waals surface area (Å²) in [6.45, 7) is 2.09. The number of carbonyl (C=O) groups is 2. The summed E-state index contributed by atoms with van der Waals surface area (Å²) in [5.41, 5.74) is 4.96. The molecule has 0 aromatic carbocycles. The maximum Gasteiger partial charge on any atom is 0.235 e. The lowest BCUT2D eigenvalue weighted by atomic mass is 10.2. The van der Waals surface area contributed by atoms with Gasteiger partial charge in [0, 0.05) is 13.5 Å². The van der Waals surface area contributed by atoms with Gasteiger partial charge in [-0.25, -0.2) is 0 Å². The molecule has 0 aromatic rings. The average Bonchev–Trinajstić information content (AvgIpc) is 2.02. The Morgan fingerprint density at radius 3 is 2.54 bits per heavy atom. The van der Waals surface area contributed by atoms with E-state index in [4.69, 9.17) is 17.3 Å². The third-order valence-corrected chi connectivity index (χ3v) is 2.00. The van der Waals surface area contributed by atoms with Gasteiger partial charge in [-0.1, -0.05) is 0 Å². The lowest BCUT2D eigenvalue weighted by Gasteiger charge is -2.04.